The number of para-hydroxylation sites is 2. The van der Waals surface area contributed by atoms with E-state index < -0.39 is 8.07 Å². The van der Waals surface area contributed by atoms with Gasteiger partial charge >= 0.3 is 0 Å². The smallest absolute Gasteiger partial charge is 0.164 e. The second-order valence-electron chi connectivity index (χ2n) is 12.8. The van der Waals surface area contributed by atoms with Crippen molar-refractivity contribution in [3.05, 3.63) is 127 Å². The standard InChI is InChI=1S/C41H27N3O2Si/c1-47(2)34-19-11-8-16-28(34)37-35(47)23-30(36-27-15-7-10-18-32(27)46-38(36)37)41-43-39(24-12-4-3-5-13-24)42-40(44-41)25-20-21-33-29(22-25)26-14-6-9-17-31(26)45-33/h3-23H,1-2H3. The molecule has 0 saturated heterocycles. The number of furan rings is 2. The van der Waals surface area contributed by atoms with Gasteiger partial charge in [-0.15, -0.1) is 0 Å². The van der Waals surface area contributed by atoms with Gasteiger partial charge in [0.2, 0.25) is 0 Å². The third-order valence-electron chi connectivity index (χ3n) is 9.74. The van der Waals surface area contributed by atoms with Crippen LogP contribution in [-0.4, -0.2) is 23.0 Å². The number of benzene rings is 6. The monoisotopic (exact) mass is 621 g/mol. The molecule has 9 aromatic rings. The first-order chi connectivity index (χ1) is 23.0. The fourth-order valence-electron chi connectivity index (χ4n) is 7.43. The summed E-state index contributed by atoms with van der Waals surface area (Å²) in [6.45, 7) is 4.85. The Hall–Kier alpha value is -5.85. The molecule has 0 bridgehead atoms. The molecule has 47 heavy (non-hydrogen) atoms. The minimum Gasteiger partial charge on any atom is -0.456 e. The van der Waals surface area contributed by atoms with Gasteiger partial charge < -0.3 is 8.83 Å². The normalized spacial score (nSPS) is 13.5. The van der Waals surface area contributed by atoms with Crippen LogP contribution in [0.4, 0.5) is 0 Å². The summed E-state index contributed by atoms with van der Waals surface area (Å²) in [5.74, 6) is 1.87. The lowest BCUT2D eigenvalue weighted by molar-refractivity contribution is 0.669. The topological polar surface area (TPSA) is 65.0 Å². The molecule has 0 radical (unpaired) electrons. The molecule has 0 atom stereocenters. The molecule has 0 N–H and O–H groups in total. The van der Waals surface area contributed by atoms with Crippen molar-refractivity contribution in [1.82, 2.24) is 15.0 Å². The third-order valence-corrected chi connectivity index (χ3v) is 13.3. The Bertz CT molecular complexity index is 2720. The molecule has 6 heteroatoms. The molecule has 1 aliphatic heterocycles. The summed E-state index contributed by atoms with van der Waals surface area (Å²) in [5, 5.41) is 6.96. The fraction of sp³-hybridized carbons (Fsp3) is 0.0488. The van der Waals surface area contributed by atoms with Crippen molar-refractivity contribution >= 4 is 62.3 Å². The number of nitrogens with zero attached hydrogens (tertiary/aromatic N) is 3. The minimum atomic E-state index is -2.06. The summed E-state index contributed by atoms with van der Waals surface area (Å²) in [5.41, 5.74) is 8.75. The molecule has 222 valence electrons. The lowest BCUT2D eigenvalue weighted by Crippen LogP contribution is -2.49. The molecule has 0 saturated carbocycles. The van der Waals surface area contributed by atoms with Crippen LogP contribution in [-0.2, 0) is 0 Å². The summed E-state index contributed by atoms with van der Waals surface area (Å²) in [6, 6.07) is 43.9. The van der Waals surface area contributed by atoms with E-state index in [1.807, 2.05) is 72.8 Å². The highest BCUT2D eigenvalue weighted by molar-refractivity contribution is 7.04. The van der Waals surface area contributed by atoms with Gasteiger partial charge in [0.1, 0.15) is 30.4 Å². The van der Waals surface area contributed by atoms with Crippen molar-refractivity contribution < 1.29 is 8.83 Å². The van der Waals surface area contributed by atoms with Crippen LogP contribution in [0, 0.1) is 0 Å². The zero-order valence-electron chi connectivity index (χ0n) is 25.8. The number of rotatable bonds is 3. The van der Waals surface area contributed by atoms with Crippen LogP contribution < -0.4 is 10.4 Å². The van der Waals surface area contributed by atoms with Crippen molar-refractivity contribution in [1.29, 1.82) is 0 Å². The van der Waals surface area contributed by atoms with Crippen molar-refractivity contribution in [3.63, 3.8) is 0 Å². The van der Waals surface area contributed by atoms with Crippen LogP contribution in [0.5, 0.6) is 0 Å². The molecule has 0 amide bonds. The average Bonchev–Trinajstić information content (AvgIpc) is 3.76. The number of aromatic nitrogens is 3. The first-order valence-electron chi connectivity index (χ1n) is 15.9. The Balaban J connectivity index is 1.29. The Morgan fingerprint density at radius 2 is 1.11 bits per heavy atom. The van der Waals surface area contributed by atoms with E-state index >= 15 is 0 Å². The van der Waals surface area contributed by atoms with Gasteiger partial charge in [0.25, 0.3) is 0 Å². The summed E-state index contributed by atoms with van der Waals surface area (Å²) in [6.07, 6.45) is 0. The summed E-state index contributed by atoms with van der Waals surface area (Å²) in [4.78, 5) is 15.5. The van der Waals surface area contributed by atoms with E-state index in [-0.39, 0.29) is 0 Å². The van der Waals surface area contributed by atoms with Gasteiger partial charge in [-0.25, -0.2) is 15.0 Å². The molecule has 0 unspecified atom stereocenters. The SMILES string of the molecule is C[Si]1(C)c2ccccc2-c2c1cc(-c1nc(-c3ccccc3)nc(-c3ccc4oc5ccccc5c4c3)n1)c1c2oc2ccccc21. The molecule has 6 aromatic carbocycles. The second-order valence-corrected chi connectivity index (χ2v) is 17.1. The van der Waals surface area contributed by atoms with E-state index in [1.54, 1.807) is 0 Å². The molecule has 0 spiro atoms. The van der Waals surface area contributed by atoms with Gasteiger partial charge in [-0.05, 0) is 52.3 Å². The molecule has 4 heterocycles. The van der Waals surface area contributed by atoms with Gasteiger partial charge in [0, 0.05) is 43.8 Å². The molecule has 5 nitrogen and oxygen atoms in total. The van der Waals surface area contributed by atoms with E-state index in [4.69, 9.17) is 23.8 Å². The van der Waals surface area contributed by atoms with Gasteiger partial charge in [-0.1, -0.05) is 104 Å². The molecule has 1 aliphatic rings. The van der Waals surface area contributed by atoms with Gasteiger partial charge in [0.05, 0.1) is 0 Å². The highest BCUT2D eigenvalue weighted by atomic mass is 28.3. The van der Waals surface area contributed by atoms with Gasteiger partial charge in [-0.2, -0.15) is 0 Å². The molecule has 10 rings (SSSR count). The second kappa shape index (κ2) is 9.58. The maximum atomic E-state index is 6.76. The maximum absolute atomic E-state index is 6.76. The fourth-order valence-corrected chi connectivity index (χ4v) is 10.5. The van der Waals surface area contributed by atoms with E-state index in [0.717, 1.165) is 60.6 Å². The summed E-state index contributed by atoms with van der Waals surface area (Å²) >= 11 is 0. The minimum absolute atomic E-state index is 0.613. The highest BCUT2D eigenvalue weighted by Gasteiger charge is 2.40. The summed E-state index contributed by atoms with van der Waals surface area (Å²) in [7, 11) is -2.06. The molecule has 3 aromatic heterocycles. The van der Waals surface area contributed by atoms with Crippen LogP contribution in [0.1, 0.15) is 0 Å². The first kappa shape index (κ1) is 26.4. The van der Waals surface area contributed by atoms with Crippen molar-refractivity contribution in [2.24, 2.45) is 0 Å². The predicted molar refractivity (Wildman–Crippen MR) is 193 cm³/mol. The lowest BCUT2D eigenvalue weighted by atomic mass is 9.98. The van der Waals surface area contributed by atoms with Gasteiger partial charge in [-0.3, -0.25) is 0 Å². The largest absolute Gasteiger partial charge is 0.456 e. The zero-order chi connectivity index (χ0) is 31.3. The highest BCUT2D eigenvalue weighted by Crippen LogP contribution is 2.43. The van der Waals surface area contributed by atoms with Crippen molar-refractivity contribution in [3.8, 4) is 45.3 Å². The number of hydrogen-bond acceptors (Lipinski definition) is 5. The maximum Gasteiger partial charge on any atom is 0.164 e. The Labute approximate surface area is 271 Å². The number of hydrogen-bond donors (Lipinski definition) is 0. The van der Waals surface area contributed by atoms with Crippen LogP contribution in [0.25, 0.3) is 89.2 Å². The van der Waals surface area contributed by atoms with Crippen LogP contribution in [0.2, 0.25) is 13.1 Å². The lowest BCUT2D eigenvalue weighted by Gasteiger charge is -2.19. The number of fused-ring (bicyclic) bond motifs is 10. The first-order valence-corrected chi connectivity index (χ1v) is 18.9. The quantitative estimate of drug-likeness (QED) is 0.184. The molecular weight excluding hydrogens is 595 g/mol. The van der Waals surface area contributed by atoms with Crippen LogP contribution in [0.3, 0.4) is 0 Å². The Morgan fingerprint density at radius 3 is 1.94 bits per heavy atom. The van der Waals surface area contributed by atoms with Crippen LogP contribution >= 0.6 is 0 Å². The third kappa shape index (κ3) is 3.79. The molecule has 0 aliphatic carbocycles. The van der Waals surface area contributed by atoms with Crippen molar-refractivity contribution in [2.45, 2.75) is 13.1 Å². The Morgan fingerprint density at radius 1 is 0.468 bits per heavy atom. The van der Waals surface area contributed by atoms with Crippen molar-refractivity contribution in [2.75, 3.05) is 0 Å². The average molecular weight is 622 g/mol. The van der Waals surface area contributed by atoms with E-state index in [2.05, 4.69) is 67.7 Å². The van der Waals surface area contributed by atoms with E-state index in [1.165, 1.54) is 21.5 Å². The molecular formula is C41H27N3O2Si. The van der Waals surface area contributed by atoms with E-state index in [9.17, 15) is 0 Å². The van der Waals surface area contributed by atoms with E-state index in [0.29, 0.717) is 17.5 Å². The summed E-state index contributed by atoms with van der Waals surface area (Å²) < 4.78 is 12.9. The Kier molecular flexibility index (Phi) is 5.37. The predicted octanol–water partition coefficient (Wildman–Crippen LogP) is 9.47. The molecule has 0 fully saturated rings. The zero-order valence-corrected chi connectivity index (χ0v) is 26.8. The van der Waals surface area contributed by atoms with Crippen LogP contribution in [0.15, 0.2) is 136 Å². The van der Waals surface area contributed by atoms with Gasteiger partial charge in [0.15, 0.2) is 17.5 Å².